The number of hydrogen-bond acceptors (Lipinski definition) is 2. The van der Waals surface area contributed by atoms with Crippen LogP contribution in [0.3, 0.4) is 0 Å². The van der Waals surface area contributed by atoms with Gasteiger partial charge >= 0.3 is 0 Å². The lowest BCUT2D eigenvalue weighted by molar-refractivity contribution is -0.0239. The van der Waals surface area contributed by atoms with Crippen molar-refractivity contribution in [3.05, 3.63) is 71.8 Å². The second kappa shape index (κ2) is 12.0. The predicted octanol–water partition coefficient (Wildman–Crippen LogP) is 6.44. The summed E-state index contributed by atoms with van der Waals surface area (Å²) in [5.41, 5.74) is 2.65. The van der Waals surface area contributed by atoms with Crippen LogP contribution in [0.1, 0.15) is 70.4 Å². The highest BCUT2D eigenvalue weighted by molar-refractivity contribution is 5.17. The molecule has 2 aromatic carbocycles. The van der Waals surface area contributed by atoms with E-state index in [1.54, 1.807) is 0 Å². The van der Waals surface area contributed by atoms with Crippen LogP contribution in [0.2, 0.25) is 0 Å². The van der Waals surface area contributed by atoms with Gasteiger partial charge in [-0.2, -0.15) is 0 Å². The molecule has 0 unspecified atom stereocenters. The summed E-state index contributed by atoms with van der Waals surface area (Å²) in [7, 11) is 0. The highest BCUT2D eigenvalue weighted by Gasteiger charge is 2.36. The maximum absolute atomic E-state index is 11.4. The SMILES string of the molecule is CCCC(CCC)(CCC)[C@H](O)CN(Cc1ccccc1)Cc1ccccc1. The van der Waals surface area contributed by atoms with Gasteiger partial charge in [0.05, 0.1) is 6.10 Å². The Morgan fingerprint density at radius 2 is 1.11 bits per heavy atom. The molecule has 28 heavy (non-hydrogen) atoms. The molecule has 0 saturated heterocycles. The number of aliphatic hydroxyl groups is 1. The van der Waals surface area contributed by atoms with E-state index in [-0.39, 0.29) is 11.5 Å². The lowest BCUT2D eigenvalue weighted by Crippen LogP contribution is -2.43. The van der Waals surface area contributed by atoms with Gasteiger partial charge in [-0.05, 0) is 35.8 Å². The van der Waals surface area contributed by atoms with Crippen molar-refractivity contribution in [2.45, 2.75) is 78.5 Å². The van der Waals surface area contributed by atoms with Gasteiger partial charge in [-0.3, -0.25) is 4.90 Å². The zero-order valence-electron chi connectivity index (χ0n) is 18.1. The summed E-state index contributed by atoms with van der Waals surface area (Å²) in [6.45, 7) is 9.21. The summed E-state index contributed by atoms with van der Waals surface area (Å²) in [5, 5.41) is 11.4. The molecule has 0 fully saturated rings. The largest absolute Gasteiger partial charge is 0.391 e. The van der Waals surface area contributed by atoms with Crippen molar-refractivity contribution < 1.29 is 5.11 Å². The molecule has 2 rings (SSSR count). The van der Waals surface area contributed by atoms with Gasteiger partial charge in [-0.1, -0.05) is 101 Å². The van der Waals surface area contributed by atoms with Crippen LogP contribution in [0.5, 0.6) is 0 Å². The van der Waals surface area contributed by atoms with Gasteiger partial charge in [0.1, 0.15) is 0 Å². The monoisotopic (exact) mass is 381 g/mol. The Morgan fingerprint density at radius 3 is 1.46 bits per heavy atom. The van der Waals surface area contributed by atoms with Crippen molar-refractivity contribution in [1.82, 2.24) is 4.90 Å². The van der Waals surface area contributed by atoms with Gasteiger partial charge in [0, 0.05) is 19.6 Å². The van der Waals surface area contributed by atoms with E-state index in [0.717, 1.165) is 58.2 Å². The van der Waals surface area contributed by atoms with Gasteiger partial charge in [-0.25, -0.2) is 0 Å². The van der Waals surface area contributed by atoms with E-state index in [0.29, 0.717) is 0 Å². The number of nitrogens with zero attached hydrogens (tertiary/aromatic N) is 1. The van der Waals surface area contributed by atoms with Crippen molar-refractivity contribution in [2.24, 2.45) is 5.41 Å². The fourth-order valence-electron chi connectivity index (χ4n) is 4.67. The summed E-state index contributed by atoms with van der Waals surface area (Å²) in [6, 6.07) is 21.3. The van der Waals surface area contributed by atoms with Crippen LogP contribution >= 0.6 is 0 Å². The van der Waals surface area contributed by atoms with E-state index >= 15 is 0 Å². The summed E-state index contributed by atoms with van der Waals surface area (Å²) >= 11 is 0. The Morgan fingerprint density at radius 1 is 0.714 bits per heavy atom. The Balaban J connectivity index is 2.20. The van der Waals surface area contributed by atoms with E-state index in [1.807, 2.05) is 0 Å². The molecule has 0 saturated carbocycles. The van der Waals surface area contributed by atoms with Gasteiger partial charge in [0.15, 0.2) is 0 Å². The molecule has 2 aromatic rings. The molecule has 154 valence electrons. The van der Waals surface area contributed by atoms with Gasteiger partial charge < -0.3 is 5.11 Å². The molecular weight excluding hydrogens is 342 g/mol. The molecule has 1 atom stereocenters. The molecule has 0 aliphatic carbocycles. The molecular formula is C26H39NO. The lowest BCUT2D eigenvalue weighted by Gasteiger charge is -2.40. The highest BCUT2D eigenvalue weighted by Crippen LogP contribution is 2.39. The van der Waals surface area contributed by atoms with Crippen LogP contribution in [-0.2, 0) is 13.1 Å². The van der Waals surface area contributed by atoms with Crippen LogP contribution in [0.4, 0.5) is 0 Å². The summed E-state index contributed by atoms with van der Waals surface area (Å²) < 4.78 is 0. The Bertz CT molecular complexity index is 581. The van der Waals surface area contributed by atoms with Gasteiger partial charge in [0.25, 0.3) is 0 Å². The van der Waals surface area contributed by atoms with Crippen molar-refractivity contribution in [3.8, 4) is 0 Å². The summed E-state index contributed by atoms with van der Waals surface area (Å²) in [6.07, 6.45) is 6.44. The van der Waals surface area contributed by atoms with Crippen LogP contribution in [0.25, 0.3) is 0 Å². The molecule has 0 heterocycles. The van der Waals surface area contributed by atoms with Crippen molar-refractivity contribution in [2.75, 3.05) is 6.54 Å². The van der Waals surface area contributed by atoms with E-state index in [1.165, 1.54) is 11.1 Å². The molecule has 2 nitrogen and oxygen atoms in total. The van der Waals surface area contributed by atoms with Crippen molar-refractivity contribution in [1.29, 1.82) is 0 Å². The summed E-state index contributed by atoms with van der Waals surface area (Å²) in [5.74, 6) is 0. The first kappa shape index (κ1) is 22.6. The van der Waals surface area contributed by atoms with E-state index in [4.69, 9.17) is 0 Å². The molecule has 0 spiro atoms. The Labute approximate surface area is 172 Å². The minimum atomic E-state index is -0.292. The van der Waals surface area contributed by atoms with Crippen LogP contribution in [0.15, 0.2) is 60.7 Å². The Hall–Kier alpha value is -1.64. The topological polar surface area (TPSA) is 23.5 Å². The molecule has 2 heteroatoms. The molecule has 0 aliphatic heterocycles. The predicted molar refractivity (Wildman–Crippen MR) is 120 cm³/mol. The number of benzene rings is 2. The maximum atomic E-state index is 11.4. The first-order valence-electron chi connectivity index (χ1n) is 11.1. The fraction of sp³-hybridized carbons (Fsp3) is 0.538. The van der Waals surface area contributed by atoms with Crippen molar-refractivity contribution >= 4 is 0 Å². The number of hydrogen-bond donors (Lipinski definition) is 1. The average molecular weight is 382 g/mol. The molecule has 0 amide bonds. The zero-order valence-corrected chi connectivity index (χ0v) is 18.1. The fourth-order valence-corrected chi connectivity index (χ4v) is 4.67. The van der Waals surface area contributed by atoms with Crippen LogP contribution in [-0.4, -0.2) is 22.7 Å². The highest BCUT2D eigenvalue weighted by atomic mass is 16.3. The van der Waals surface area contributed by atoms with Crippen LogP contribution < -0.4 is 0 Å². The summed E-state index contributed by atoms with van der Waals surface area (Å²) in [4.78, 5) is 2.42. The second-order valence-corrected chi connectivity index (χ2v) is 8.27. The molecule has 0 aliphatic rings. The Kier molecular flexibility index (Phi) is 9.73. The lowest BCUT2D eigenvalue weighted by atomic mass is 9.71. The standard InChI is InChI=1S/C26H39NO/c1-4-17-26(18-5-2,19-6-3)25(28)22-27(20-23-13-9-7-10-14-23)21-24-15-11-8-12-16-24/h7-16,25,28H,4-6,17-22H2,1-3H3/t25-/m1/s1. The first-order chi connectivity index (χ1) is 13.6. The van der Waals surface area contributed by atoms with E-state index in [2.05, 4.69) is 86.3 Å². The average Bonchev–Trinajstić information content (AvgIpc) is 2.70. The maximum Gasteiger partial charge on any atom is 0.0723 e. The minimum Gasteiger partial charge on any atom is -0.391 e. The third-order valence-corrected chi connectivity index (χ3v) is 5.88. The first-order valence-corrected chi connectivity index (χ1v) is 11.1. The third kappa shape index (κ3) is 6.76. The number of rotatable bonds is 13. The van der Waals surface area contributed by atoms with E-state index in [9.17, 15) is 5.11 Å². The zero-order chi connectivity index (χ0) is 20.2. The number of aliphatic hydroxyl groups excluding tert-OH is 1. The molecule has 0 bridgehead atoms. The molecule has 1 N–H and O–H groups in total. The minimum absolute atomic E-state index is 0.0455. The van der Waals surface area contributed by atoms with Crippen LogP contribution in [0, 0.1) is 5.41 Å². The normalized spacial score (nSPS) is 13.0. The van der Waals surface area contributed by atoms with Gasteiger partial charge in [-0.15, -0.1) is 0 Å². The molecule has 0 radical (unpaired) electrons. The van der Waals surface area contributed by atoms with Crippen molar-refractivity contribution in [3.63, 3.8) is 0 Å². The second-order valence-electron chi connectivity index (χ2n) is 8.27. The molecule has 0 aromatic heterocycles. The van der Waals surface area contributed by atoms with E-state index < -0.39 is 0 Å². The third-order valence-electron chi connectivity index (χ3n) is 5.88. The van der Waals surface area contributed by atoms with Gasteiger partial charge in [0.2, 0.25) is 0 Å². The quantitative estimate of drug-likeness (QED) is 0.432. The smallest absolute Gasteiger partial charge is 0.0723 e.